The van der Waals surface area contributed by atoms with E-state index in [4.69, 9.17) is 26.3 Å². The Morgan fingerprint density at radius 3 is 2.70 bits per heavy atom. The molecule has 2 unspecified atom stereocenters. The number of phenolic OH excluding ortho intramolecular Hbond substituents is 1. The van der Waals surface area contributed by atoms with Crippen molar-refractivity contribution in [3.05, 3.63) is 52.8 Å². The number of anilines is 1. The van der Waals surface area contributed by atoms with Gasteiger partial charge in [-0.3, -0.25) is 4.90 Å². The molecular formula is C34H36ClF2N5O2. The zero-order valence-corrected chi connectivity index (χ0v) is 25.5. The lowest BCUT2D eigenvalue weighted by atomic mass is 9.92. The highest BCUT2D eigenvalue weighted by Gasteiger charge is 2.49. The van der Waals surface area contributed by atoms with Crippen LogP contribution in [0.4, 0.5) is 14.6 Å². The van der Waals surface area contributed by atoms with Crippen LogP contribution in [-0.4, -0.2) is 76.6 Å². The van der Waals surface area contributed by atoms with Gasteiger partial charge < -0.3 is 20.1 Å². The predicted molar refractivity (Wildman–Crippen MR) is 169 cm³/mol. The number of piperazine rings is 1. The van der Waals surface area contributed by atoms with Crippen molar-refractivity contribution >= 4 is 39.1 Å². The smallest absolute Gasteiger partial charge is 0.319 e. The SMILES string of the molecule is CCc1c(F)ccc2cc(O)cc(-c3ccc4c(N5CC6CCC(C5)N6)nc(OC[C@@]56CCCN5C[C@H](F)C6)nc4c3Cl)c12. The molecule has 4 aliphatic rings. The predicted octanol–water partition coefficient (Wildman–Crippen LogP) is 6.41. The van der Waals surface area contributed by atoms with E-state index in [2.05, 4.69) is 15.1 Å². The number of aromatic nitrogens is 2. The van der Waals surface area contributed by atoms with Crippen LogP contribution in [0.5, 0.6) is 11.8 Å². The molecule has 4 aromatic rings. The van der Waals surface area contributed by atoms with E-state index in [-0.39, 0.29) is 23.1 Å². The number of phenols is 1. The normalized spacial score (nSPS) is 26.6. The van der Waals surface area contributed by atoms with Gasteiger partial charge in [0, 0.05) is 49.1 Å². The van der Waals surface area contributed by atoms with E-state index in [1.165, 1.54) is 6.07 Å². The lowest BCUT2D eigenvalue weighted by molar-refractivity contribution is 0.107. The van der Waals surface area contributed by atoms with Crippen LogP contribution in [0.2, 0.25) is 5.02 Å². The van der Waals surface area contributed by atoms with Crippen LogP contribution in [0.25, 0.3) is 32.8 Å². The summed E-state index contributed by atoms with van der Waals surface area (Å²) in [4.78, 5) is 14.3. The Bertz CT molecular complexity index is 1780. The van der Waals surface area contributed by atoms with Crippen molar-refractivity contribution in [1.29, 1.82) is 0 Å². The first-order valence-corrected chi connectivity index (χ1v) is 16.2. The van der Waals surface area contributed by atoms with Gasteiger partial charge in [0.25, 0.3) is 0 Å². The molecule has 7 nitrogen and oxygen atoms in total. The first kappa shape index (κ1) is 28.2. The molecule has 4 saturated heterocycles. The summed E-state index contributed by atoms with van der Waals surface area (Å²) in [7, 11) is 0. The standard InChI is InChI=1S/C34H36ClF2N5O2/c1-2-24-28(37)9-4-19-12-23(43)13-27(29(19)24)25-7-8-26-31(30(25)35)39-33(40-32(26)41-16-21-5-6-22(17-41)38-21)44-18-34-10-3-11-42(34)15-20(36)14-34/h4,7-9,12-13,20-22,38,43H,2-3,5-6,10-11,14-18H2,1H3/t20-,21?,22?,34+/m1/s1. The largest absolute Gasteiger partial charge is 0.508 e. The molecule has 5 heterocycles. The van der Waals surface area contributed by atoms with E-state index in [9.17, 15) is 9.50 Å². The van der Waals surface area contributed by atoms with Crippen molar-refractivity contribution in [2.45, 2.75) is 69.2 Å². The topological polar surface area (TPSA) is 73.8 Å². The summed E-state index contributed by atoms with van der Waals surface area (Å²) in [5, 5.41) is 17.0. The van der Waals surface area contributed by atoms with Crippen molar-refractivity contribution in [3.63, 3.8) is 0 Å². The Kier molecular flexibility index (Phi) is 6.84. The molecule has 0 aliphatic carbocycles. The fourth-order valence-electron chi connectivity index (χ4n) is 8.31. The third kappa shape index (κ3) is 4.58. The van der Waals surface area contributed by atoms with Crippen LogP contribution in [0.15, 0.2) is 36.4 Å². The van der Waals surface area contributed by atoms with Gasteiger partial charge in [0.1, 0.15) is 30.2 Å². The molecule has 0 spiro atoms. The van der Waals surface area contributed by atoms with Gasteiger partial charge in [-0.15, -0.1) is 0 Å². The summed E-state index contributed by atoms with van der Waals surface area (Å²) in [5.74, 6) is 0.554. The van der Waals surface area contributed by atoms with Crippen molar-refractivity contribution < 1.29 is 18.6 Å². The van der Waals surface area contributed by atoms with Gasteiger partial charge in [-0.05, 0) is 84.8 Å². The maximum absolute atomic E-state index is 15.0. The highest BCUT2D eigenvalue weighted by molar-refractivity contribution is 6.38. The molecular weight excluding hydrogens is 584 g/mol. The van der Waals surface area contributed by atoms with E-state index in [1.807, 2.05) is 19.1 Å². The lowest BCUT2D eigenvalue weighted by Crippen LogP contribution is -2.51. The number of benzene rings is 3. The zero-order valence-electron chi connectivity index (χ0n) is 24.8. The highest BCUT2D eigenvalue weighted by Crippen LogP contribution is 2.44. The summed E-state index contributed by atoms with van der Waals surface area (Å²) in [6.07, 6.45) is 4.26. The highest BCUT2D eigenvalue weighted by atomic mass is 35.5. The molecule has 2 N–H and O–H groups in total. The van der Waals surface area contributed by atoms with Crippen molar-refractivity contribution in [1.82, 2.24) is 20.2 Å². The third-order valence-corrected chi connectivity index (χ3v) is 10.7. The minimum absolute atomic E-state index is 0.0733. The molecule has 4 fully saturated rings. The number of nitrogens with one attached hydrogen (secondary N) is 1. The second-order valence-corrected chi connectivity index (χ2v) is 13.4. The van der Waals surface area contributed by atoms with E-state index in [1.54, 1.807) is 18.2 Å². The fourth-order valence-corrected chi connectivity index (χ4v) is 8.62. The molecule has 4 atom stereocenters. The Labute approximate surface area is 260 Å². The molecule has 2 bridgehead atoms. The molecule has 3 aromatic carbocycles. The summed E-state index contributed by atoms with van der Waals surface area (Å²) in [5.41, 5.74) is 2.07. The first-order chi connectivity index (χ1) is 21.3. The zero-order chi connectivity index (χ0) is 30.2. The Hall–Kier alpha value is -3.27. The minimum atomic E-state index is -0.852. The van der Waals surface area contributed by atoms with Crippen LogP contribution in [0.1, 0.15) is 44.6 Å². The van der Waals surface area contributed by atoms with Crippen molar-refractivity contribution in [3.8, 4) is 22.9 Å². The van der Waals surface area contributed by atoms with E-state index >= 15 is 4.39 Å². The molecule has 44 heavy (non-hydrogen) atoms. The van der Waals surface area contributed by atoms with Crippen molar-refractivity contribution in [2.75, 3.05) is 37.7 Å². The molecule has 0 radical (unpaired) electrons. The monoisotopic (exact) mass is 619 g/mol. The van der Waals surface area contributed by atoms with Crippen LogP contribution < -0.4 is 15.0 Å². The molecule has 1 aromatic heterocycles. The van der Waals surface area contributed by atoms with Gasteiger partial charge in [0.2, 0.25) is 0 Å². The molecule has 230 valence electrons. The van der Waals surface area contributed by atoms with Gasteiger partial charge in [-0.2, -0.15) is 9.97 Å². The van der Waals surface area contributed by atoms with Crippen LogP contribution in [0.3, 0.4) is 0 Å². The molecule has 0 amide bonds. The summed E-state index contributed by atoms with van der Waals surface area (Å²) < 4.78 is 35.9. The van der Waals surface area contributed by atoms with E-state index < -0.39 is 6.17 Å². The number of aryl methyl sites for hydroxylation is 1. The van der Waals surface area contributed by atoms with Crippen LogP contribution >= 0.6 is 11.6 Å². The van der Waals surface area contributed by atoms with Gasteiger partial charge in [0.15, 0.2) is 0 Å². The van der Waals surface area contributed by atoms with Gasteiger partial charge in [-0.1, -0.05) is 30.7 Å². The lowest BCUT2D eigenvalue weighted by Gasteiger charge is -2.34. The molecule has 4 aliphatic heterocycles. The maximum atomic E-state index is 15.0. The van der Waals surface area contributed by atoms with Crippen molar-refractivity contribution in [2.24, 2.45) is 0 Å². The third-order valence-electron chi connectivity index (χ3n) is 10.3. The summed E-state index contributed by atoms with van der Waals surface area (Å²) in [6, 6.07) is 11.3. The number of aromatic hydroxyl groups is 1. The number of alkyl halides is 1. The number of ether oxygens (including phenoxy) is 1. The van der Waals surface area contributed by atoms with Gasteiger partial charge >= 0.3 is 6.01 Å². The first-order valence-electron chi connectivity index (χ1n) is 15.8. The number of hydrogen-bond donors (Lipinski definition) is 2. The minimum Gasteiger partial charge on any atom is -0.508 e. The second kappa shape index (κ2) is 10.7. The number of nitrogens with zero attached hydrogens (tertiary/aromatic N) is 4. The number of rotatable bonds is 6. The Morgan fingerprint density at radius 2 is 1.91 bits per heavy atom. The van der Waals surface area contributed by atoms with Crippen LogP contribution in [-0.2, 0) is 6.42 Å². The Morgan fingerprint density at radius 1 is 1.09 bits per heavy atom. The average Bonchev–Trinajstić information content (AvgIpc) is 3.66. The second-order valence-electron chi connectivity index (χ2n) is 13.0. The van der Waals surface area contributed by atoms with Gasteiger partial charge in [0.05, 0.1) is 16.1 Å². The quantitative estimate of drug-likeness (QED) is 0.259. The molecule has 10 heteroatoms. The summed E-state index contributed by atoms with van der Waals surface area (Å²) in [6.45, 7) is 5.20. The average molecular weight is 620 g/mol. The van der Waals surface area contributed by atoms with E-state index in [0.29, 0.717) is 65.3 Å². The number of fused-ring (bicyclic) bond motifs is 5. The van der Waals surface area contributed by atoms with E-state index in [0.717, 1.165) is 67.3 Å². The number of hydrogen-bond acceptors (Lipinski definition) is 7. The molecule has 8 rings (SSSR count). The Balaban J connectivity index is 1.27. The van der Waals surface area contributed by atoms with Gasteiger partial charge in [-0.25, -0.2) is 8.78 Å². The maximum Gasteiger partial charge on any atom is 0.319 e. The summed E-state index contributed by atoms with van der Waals surface area (Å²) >= 11 is 7.24. The van der Waals surface area contributed by atoms with Crippen LogP contribution in [0, 0.1) is 5.82 Å². The number of halogens is 3. The fraction of sp³-hybridized carbons (Fsp3) is 0.471. The molecule has 0 saturated carbocycles.